The molecule has 1 aromatic rings. The van der Waals surface area contributed by atoms with E-state index < -0.39 is 5.82 Å². The first-order valence-electron chi connectivity index (χ1n) is 9.60. The molecule has 0 aliphatic rings. The van der Waals surface area contributed by atoms with Crippen LogP contribution < -0.4 is 0 Å². The minimum Gasteiger partial charge on any atom is -0.411 e. The summed E-state index contributed by atoms with van der Waals surface area (Å²) >= 11 is 0. The largest absolute Gasteiger partial charge is 0.411 e. The van der Waals surface area contributed by atoms with Crippen molar-refractivity contribution in [1.82, 2.24) is 4.98 Å². The maximum atomic E-state index is 13.3. The van der Waals surface area contributed by atoms with Gasteiger partial charge >= 0.3 is 0 Å². The molecule has 138 valence electrons. The Hall–Kier alpha value is -1.89. The fourth-order valence-corrected chi connectivity index (χ4v) is 2.70. The Morgan fingerprint density at radius 2 is 1.60 bits per heavy atom. The van der Waals surface area contributed by atoms with Crippen molar-refractivity contribution >= 4 is 6.21 Å². The minimum absolute atomic E-state index is 0.00370. The number of oxime groups is 1. The molecule has 1 aromatic heterocycles. The standard InChI is InChI=1S/C21H31FN2O/c1-2-3-4-5-6-7-8-9-10-11-12-13-14-15-19-16-17-20(22)21(24-19)18-23-25/h16-18,25H,2-13H2,1H3. The second-order valence-corrected chi connectivity index (χ2v) is 6.40. The van der Waals surface area contributed by atoms with E-state index in [0.717, 1.165) is 19.1 Å². The van der Waals surface area contributed by atoms with Gasteiger partial charge in [0.1, 0.15) is 11.4 Å². The zero-order valence-electron chi connectivity index (χ0n) is 15.4. The van der Waals surface area contributed by atoms with Gasteiger partial charge in [-0.1, -0.05) is 82.2 Å². The lowest BCUT2D eigenvalue weighted by Gasteiger charge is -2.01. The molecule has 0 unspecified atom stereocenters. The minimum atomic E-state index is -0.520. The summed E-state index contributed by atoms with van der Waals surface area (Å²) in [5.74, 6) is 5.49. The molecule has 0 aromatic carbocycles. The maximum Gasteiger partial charge on any atom is 0.150 e. The van der Waals surface area contributed by atoms with Gasteiger partial charge in [-0.05, 0) is 24.5 Å². The third-order valence-corrected chi connectivity index (χ3v) is 4.17. The molecule has 3 nitrogen and oxygen atoms in total. The molecular weight excluding hydrogens is 315 g/mol. The Balaban J connectivity index is 2.07. The Kier molecular flexibility index (Phi) is 12.2. The van der Waals surface area contributed by atoms with Gasteiger partial charge in [0, 0.05) is 6.42 Å². The number of pyridine rings is 1. The van der Waals surface area contributed by atoms with E-state index in [9.17, 15) is 4.39 Å². The van der Waals surface area contributed by atoms with Gasteiger partial charge in [-0.15, -0.1) is 0 Å². The fourth-order valence-electron chi connectivity index (χ4n) is 2.70. The molecule has 0 amide bonds. The third-order valence-electron chi connectivity index (χ3n) is 4.17. The predicted octanol–water partition coefficient (Wildman–Crippen LogP) is 6.08. The van der Waals surface area contributed by atoms with Gasteiger partial charge in [0.25, 0.3) is 0 Å². The average Bonchev–Trinajstić information content (AvgIpc) is 2.62. The van der Waals surface area contributed by atoms with E-state index in [2.05, 4.69) is 28.9 Å². The van der Waals surface area contributed by atoms with Crippen LogP contribution in [0.25, 0.3) is 0 Å². The van der Waals surface area contributed by atoms with Crippen LogP contribution in [0.5, 0.6) is 0 Å². The zero-order chi connectivity index (χ0) is 18.2. The highest BCUT2D eigenvalue weighted by atomic mass is 19.1. The molecule has 4 heteroatoms. The molecule has 0 saturated heterocycles. The monoisotopic (exact) mass is 346 g/mol. The Morgan fingerprint density at radius 3 is 2.20 bits per heavy atom. The van der Waals surface area contributed by atoms with Crippen molar-refractivity contribution in [2.24, 2.45) is 5.16 Å². The van der Waals surface area contributed by atoms with E-state index >= 15 is 0 Å². The van der Waals surface area contributed by atoms with Crippen molar-refractivity contribution in [3.8, 4) is 11.8 Å². The van der Waals surface area contributed by atoms with E-state index in [1.807, 2.05) is 0 Å². The molecule has 1 N–H and O–H groups in total. The summed E-state index contributed by atoms with van der Waals surface area (Å²) in [6.45, 7) is 2.25. The molecule has 25 heavy (non-hydrogen) atoms. The molecule has 0 fully saturated rings. The quantitative estimate of drug-likeness (QED) is 0.164. The zero-order valence-corrected chi connectivity index (χ0v) is 15.4. The van der Waals surface area contributed by atoms with Gasteiger partial charge in [0.05, 0.1) is 6.21 Å². The Labute approximate surface area is 151 Å². The van der Waals surface area contributed by atoms with Crippen LogP contribution in [0.15, 0.2) is 17.3 Å². The third kappa shape index (κ3) is 10.6. The number of hydrogen-bond donors (Lipinski definition) is 1. The maximum absolute atomic E-state index is 13.3. The van der Waals surface area contributed by atoms with E-state index in [1.54, 1.807) is 0 Å². The van der Waals surface area contributed by atoms with Crippen LogP contribution in [-0.4, -0.2) is 16.4 Å². The van der Waals surface area contributed by atoms with Gasteiger partial charge in [-0.25, -0.2) is 9.37 Å². The summed E-state index contributed by atoms with van der Waals surface area (Å²) < 4.78 is 13.3. The molecule has 0 spiro atoms. The van der Waals surface area contributed by atoms with Crippen molar-refractivity contribution in [3.63, 3.8) is 0 Å². The van der Waals surface area contributed by atoms with Gasteiger partial charge in [-0.2, -0.15) is 0 Å². The summed E-state index contributed by atoms with van der Waals surface area (Å²) in [6, 6.07) is 2.83. The SMILES string of the molecule is CCCCCCCCCCCCCC#Cc1ccc(F)c(C=NO)n1. The number of nitrogens with zero attached hydrogens (tertiary/aromatic N) is 2. The van der Waals surface area contributed by atoms with Crippen molar-refractivity contribution in [1.29, 1.82) is 0 Å². The van der Waals surface area contributed by atoms with Crippen LogP contribution in [0.4, 0.5) is 4.39 Å². The average molecular weight is 346 g/mol. The van der Waals surface area contributed by atoms with Crippen molar-refractivity contribution < 1.29 is 9.60 Å². The second-order valence-electron chi connectivity index (χ2n) is 6.40. The molecule has 1 heterocycles. The van der Waals surface area contributed by atoms with Crippen LogP contribution in [0.3, 0.4) is 0 Å². The smallest absolute Gasteiger partial charge is 0.150 e. The van der Waals surface area contributed by atoms with Crippen LogP contribution >= 0.6 is 0 Å². The molecule has 0 radical (unpaired) electrons. The van der Waals surface area contributed by atoms with Crippen LogP contribution in [0.1, 0.15) is 95.4 Å². The second kappa shape index (κ2) is 14.5. The highest BCUT2D eigenvalue weighted by molar-refractivity contribution is 5.76. The lowest BCUT2D eigenvalue weighted by molar-refractivity contribution is 0.321. The number of aromatic nitrogens is 1. The summed E-state index contributed by atoms with van der Waals surface area (Å²) in [6.07, 6.45) is 16.3. The summed E-state index contributed by atoms with van der Waals surface area (Å²) in [5, 5.41) is 11.3. The summed E-state index contributed by atoms with van der Waals surface area (Å²) in [4.78, 5) is 4.00. The predicted molar refractivity (Wildman–Crippen MR) is 102 cm³/mol. The molecular formula is C21H31FN2O. The number of rotatable bonds is 12. The fraction of sp³-hybridized carbons (Fsp3) is 0.619. The van der Waals surface area contributed by atoms with E-state index in [-0.39, 0.29) is 5.69 Å². The number of hydrogen-bond acceptors (Lipinski definition) is 3. The lowest BCUT2D eigenvalue weighted by Crippen LogP contribution is -1.95. The van der Waals surface area contributed by atoms with Gasteiger partial charge in [0.15, 0.2) is 5.82 Å². The molecule has 0 atom stereocenters. The Bertz CT molecular complexity index is 561. The topological polar surface area (TPSA) is 45.5 Å². The highest BCUT2D eigenvalue weighted by Crippen LogP contribution is 2.11. The highest BCUT2D eigenvalue weighted by Gasteiger charge is 2.01. The number of halogens is 1. The molecule has 1 rings (SSSR count). The number of unbranched alkanes of at least 4 members (excludes halogenated alkanes) is 11. The van der Waals surface area contributed by atoms with E-state index in [0.29, 0.717) is 5.69 Å². The summed E-state index contributed by atoms with van der Waals surface area (Å²) in [7, 11) is 0. The van der Waals surface area contributed by atoms with Crippen molar-refractivity contribution in [2.45, 2.75) is 84.0 Å². The first-order valence-corrected chi connectivity index (χ1v) is 9.60. The van der Waals surface area contributed by atoms with Crippen LogP contribution in [-0.2, 0) is 0 Å². The normalized spacial score (nSPS) is 10.8. The van der Waals surface area contributed by atoms with E-state index in [1.165, 1.54) is 76.3 Å². The van der Waals surface area contributed by atoms with Crippen LogP contribution in [0.2, 0.25) is 0 Å². The van der Waals surface area contributed by atoms with Crippen molar-refractivity contribution in [2.75, 3.05) is 0 Å². The molecule has 0 bridgehead atoms. The first kappa shape index (κ1) is 21.2. The molecule has 0 saturated carbocycles. The Morgan fingerprint density at radius 1 is 1.00 bits per heavy atom. The van der Waals surface area contributed by atoms with Gasteiger partial charge in [0.2, 0.25) is 0 Å². The molecule has 0 aliphatic heterocycles. The lowest BCUT2D eigenvalue weighted by atomic mass is 10.1. The van der Waals surface area contributed by atoms with Gasteiger partial charge < -0.3 is 5.21 Å². The first-order chi connectivity index (χ1) is 12.3. The van der Waals surface area contributed by atoms with Gasteiger partial charge in [-0.3, -0.25) is 0 Å². The van der Waals surface area contributed by atoms with Crippen molar-refractivity contribution in [3.05, 3.63) is 29.3 Å². The van der Waals surface area contributed by atoms with Crippen LogP contribution in [0, 0.1) is 17.7 Å². The summed E-state index contributed by atoms with van der Waals surface area (Å²) in [5.41, 5.74) is 0.503. The molecule has 0 aliphatic carbocycles. The van der Waals surface area contributed by atoms with E-state index in [4.69, 9.17) is 5.21 Å².